The number of nitrogens with zero attached hydrogens (tertiary/aromatic N) is 2. The molecule has 0 unspecified atom stereocenters. The highest BCUT2D eigenvalue weighted by Gasteiger charge is 2.14. The van der Waals surface area contributed by atoms with Gasteiger partial charge >= 0.3 is 0 Å². The zero-order valence-electron chi connectivity index (χ0n) is 7.90. The van der Waals surface area contributed by atoms with Crippen molar-refractivity contribution in [3.8, 4) is 0 Å². The summed E-state index contributed by atoms with van der Waals surface area (Å²) in [4.78, 5) is 14.2. The number of benzene rings is 1. The molecule has 0 atom stereocenters. The van der Waals surface area contributed by atoms with Gasteiger partial charge in [-0.3, -0.25) is 10.1 Å². The van der Waals surface area contributed by atoms with E-state index in [9.17, 15) is 10.1 Å². The van der Waals surface area contributed by atoms with E-state index in [-0.39, 0.29) is 5.69 Å². The Kier molecular flexibility index (Phi) is 2.28. The van der Waals surface area contributed by atoms with Gasteiger partial charge in [-0.05, 0) is 13.0 Å². The molecule has 1 heterocycles. The molecule has 0 aliphatic heterocycles. The molecule has 0 bridgehead atoms. The van der Waals surface area contributed by atoms with E-state index in [1.165, 1.54) is 6.20 Å². The predicted octanol–water partition coefficient (Wildman–Crippen LogP) is 3.10. The van der Waals surface area contributed by atoms with Crippen molar-refractivity contribution in [2.45, 2.75) is 6.92 Å². The molecule has 0 amide bonds. The van der Waals surface area contributed by atoms with E-state index in [0.29, 0.717) is 16.1 Å². The minimum atomic E-state index is -0.442. The first-order valence-corrected chi connectivity index (χ1v) is 4.67. The van der Waals surface area contributed by atoms with Crippen LogP contribution in [-0.2, 0) is 0 Å². The van der Waals surface area contributed by atoms with Gasteiger partial charge in [-0.2, -0.15) is 0 Å². The van der Waals surface area contributed by atoms with Crippen molar-refractivity contribution in [3.63, 3.8) is 0 Å². The van der Waals surface area contributed by atoms with E-state index in [1.54, 1.807) is 25.1 Å². The van der Waals surface area contributed by atoms with Crippen molar-refractivity contribution in [3.05, 3.63) is 45.1 Å². The van der Waals surface area contributed by atoms with Gasteiger partial charge in [0, 0.05) is 10.9 Å². The Morgan fingerprint density at radius 2 is 2.20 bits per heavy atom. The van der Waals surface area contributed by atoms with Crippen molar-refractivity contribution in [1.29, 1.82) is 0 Å². The third kappa shape index (κ3) is 1.53. The molecule has 2 rings (SSSR count). The van der Waals surface area contributed by atoms with Crippen LogP contribution in [0.25, 0.3) is 10.9 Å². The van der Waals surface area contributed by atoms with Gasteiger partial charge in [0.25, 0.3) is 5.69 Å². The molecule has 76 valence electrons. The fourth-order valence-electron chi connectivity index (χ4n) is 1.49. The highest BCUT2D eigenvalue weighted by atomic mass is 35.5. The Morgan fingerprint density at radius 3 is 2.87 bits per heavy atom. The molecule has 4 nitrogen and oxygen atoms in total. The Labute approximate surface area is 90.7 Å². The number of hydrogen-bond donors (Lipinski definition) is 0. The summed E-state index contributed by atoms with van der Waals surface area (Å²) in [6.07, 6.45) is 1.24. The maximum Gasteiger partial charge on any atom is 0.291 e. The number of aromatic nitrogens is 1. The lowest BCUT2D eigenvalue weighted by molar-refractivity contribution is -0.385. The summed E-state index contributed by atoms with van der Waals surface area (Å²) in [7, 11) is 0. The molecule has 15 heavy (non-hydrogen) atoms. The van der Waals surface area contributed by atoms with Gasteiger partial charge < -0.3 is 0 Å². The molecule has 0 saturated carbocycles. The Hall–Kier alpha value is -1.68. The van der Waals surface area contributed by atoms with Crippen LogP contribution in [0.2, 0.25) is 5.02 Å². The van der Waals surface area contributed by atoms with Gasteiger partial charge in [0.15, 0.2) is 0 Å². The number of pyridine rings is 1. The first kappa shape index (κ1) is 9.86. The van der Waals surface area contributed by atoms with Gasteiger partial charge in [0.05, 0.1) is 15.5 Å². The van der Waals surface area contributed by atoms with Crippen LogP contribution < -0.4 is 0 Å². The van der Waals surface area contributed by atoms with E-state index >= 15 is 0 Å². The molecule has 0 radical (unpaired) electrons. The van der Waals surface area contributed by atoms with Crippen molar-refractivity contribution in [1.82, 2.24) is 4.98 Å². The lowest BCUT2D eigenvalue weighted by Crippen LogP contribution is -1.94. The summed E-state index contributed by atoms with van der Waals surface area (Å²) in [5.41, 5.74) is 1.21. The molecule has 0 N–H and O–H groups in total. The Morgan fingerprint density at radius 1 is 1.47 bits per heavy atom. The van der Waals surface area contributed by atoms with Gasteiger partial charge in [0.2, 0.25) is 0 Å². The number of nitro groups is 1. The van der Waals surface area contributed by atoms with Crippen LogP contribution in [0, 0.1) is 17.0 Å². The average molecular weight is 223 g/mol. The van der Waals surface area contributed by atoms with Crippen LogP contribution in [0.1, 0.15) is 5.56 Å². The second-order valence-electron chi connectivity index (χ2n) is 3.16. The number of fused-ring (bicyclic) bond motifs is 1. The van der Waals surface area contributed by atoms with Gasteiger partial charge in [0.1, 0.15) is 6.20 Å². The third-order valence-corrected chi connectivity index (χ3v) is 2.59. The summed E-state index contributed by atoms with van der Waals surface area (Å²) in [6, 6.07) is 5.24. The van der Waals surface area contributed by atoms with E-state index in [0.717, 1.165) is 5.39 Å². The van der Waals surface area contributed by atoms with Gasteiger partial charge in [-0.15, -0.1) is 0 Å². The monoisotopic (exact) mass is 222 g/mol. The molecular weight excluding hydrogens is 216 g/mol. The minimum absolute atomic E-state index is 0.0183. The quantitative estimate of drug-likeness (QED) is 0.550. The zero-order chi connectivity index (χ0) is 11.0. The lowest BCUT2D eigenvalue weighted by atomic mass is 10.1. The van der Waals surface area contributed by atoms with Crippen LogP contribution >= 0.6 is 11.6 Å². The highest BCUT2D eigenvalue weighted by Crippen LogP contribution is 2.28. The van der Waals surface area contributed by atoms with Crippen molar-refractivity contribution < 1.29 is 4.92 Å². The van der Waals surface area contributed by atoms with Crippen molar-refractivity contribution in [2.75, 3.05) is 0 Å². The normalized spacial score (nSPS) is 10.5. The van der Waals surface area contributed by atoms with E-state index in [1.807, 2.05) is 0 Å². The van der Waals surface area contributed by atoms with Crippen LogP contribution in [0.4, 0.5) is 5.69 Å². The molecular formula is C10H7ClN2O2. The molecule has 5 heteroatoms. The SMILES string of the molecule is Cc1c([N+](=O)[O-])cnc2c(Cl)cccc12. The maximum atomic E-state index is 10.7. The number of hydrogen-bond acceptors (Lipinski definition) is 3. The molecule has 0 spiro atoms. The topological polar surface area (TPSA) is 56.0 Å². The van der Waals surface area contributed by atoms with Gasteiger partial charge in [-0.25, -0.2) is 4.98 Å². The largest absolute Gasteiger partial charge is 0.291 e. The summed E-state index contributed by atoms with van der Waals surface area (Å²) in [5.74, 6) is 0. The first-order chi connectivity index (χ1) is 7.11. The lowest BCUT2D eigenvalue weighted by Gasteiger charge is -2.03. The summed E-state index contributed by atoms with van der Waals surface area (Å²) >= 11 is 5.93. The molecule has 2 aromatic rings. The zero-order valence-corrected chi connectivity index (χ0v) is 8.65. The van der Waals surface area contributed by atoms with E-state index in [2.05, 4.69) is 4.98 Å². The van der Waals surface area contributed by atoms with Crippen molar-refractivity contribution in [2.24, 2.45) is 0 Å². The average Bonchev–Trinajstić information content (AvgIpc) is 2.19. The smallest absolute Gasteiger partial charge is 0.258 e. The van der Waals surface area contributed by atoms with Crippen LogP contribution in [0.5, 0.6) is 0 Å². The minimum Gasteiger partial charge on any atom is -0.258 e. The Bertz CT molecular complexity index is 554. The molecule has 1 aromatic heterocycles. The van der Waals surface area contributed by atoms with Gasteiger partial charge in [-0.1, -0.05) is 23.7 Å². The summed E-state index contributed by atoms with van der Waals surface area (Å²) < 4.78 is 0. The van der Waals surface area contributed by atoms with Crippen LogP contribution in [0.3, 0.4) is 0 Å². The number of rotatable bonds is 1. The predicted molar refractivity (Wildman–Crippen MR) is 58.1 cm³/mol. The fraction of sp³-hybridized carbons (Fsp3) is 0.100. The second-order valence-corrected chi connectivity index (χ2v) is 3.57. The third-order valence-electron chi connectivity index (χ3n) is 2.29. The van der Waals surface area contributed by atoms with Crippen molar-refractivity contribution >= 4 is 28.2 Å². The fourth-order valence-corrected chi connectivity index (χ4v) is 1.72. The molecule has 0 aliphatic rings. The van der Waals surface area contributed by atoms with Crippen LogP contribution in [0.15, 0.2) is 24.4 Å². The summed E-state index contributed by atoms with van der Waals surface area (Å²) in [6.45, 7) is 1.69. The Balaban J connectivity index is 2.86. The highest BCUT2D eigenvalue weighted by molar-refractivity contribution is 6.35. The van der Waals surface area contributed by atoms with Crippen LogP contribution in [-0.4, -0.2) is 9.91 Å². The van der Waals surface area contributed by atoms with E-state index in [4.69, 9.17) is 11.6 Å². The molecule has 1 aromatic carbocycles. The van der Waals surface area contributed by atoms with E-state index < -0.39 is 4.92 Å². The molecule has 0 fully saturated rings. The standard InChI is InChI=1S/C10H7ClN2O2/c1-6-7-3-2-4-8(11)10(7)12-5-9(6)13(14)15/h2-5H,1H3. The summed E-state index contributed by atoms with van der Waals surface area (Å²) in [5, 5.41) is 11.9. The first-order valence-electron chi connectivity index (χ1n) is 4.29. The number of halogens is 1. The second kappa shape index (κ2) is 3.47. The molecule has 0 aliphatic carbocycles. The maximum absolute atomic E-state index is 10.7. The number of para-hydroxylation sites is 1. The molecule has 0 saturated heterocycles. The number of aryl methyl sites for hydroxylation is 1.